The van der Waals surface area contributed by atoms with Crippen molar-refractivity contribution in [1.82, 2.24) is 10.2 Å². The zero-order chi connectivity index (χ0) is 9.00. The van der Waals surface area contributed by atoms with E-state index in [4.69, 9.17) is 5.73 Å². The summed E-state index contributed by atoms with van der Waals surface area (Å²) in [6.45, 7) is 0.879. The van der Waals surface area contributed by atoms with E-state index < -0.39 is 0 Å². The van der Waals surface area contributed by atoms with Crippen LogP contribution in [0.1, 0.15) is 19.3 Å². The van der Waals surface area contributed by atoms with Gasteiger partial charge in [0.05, 0.1) is 0 Å². The number of rotatable bonds is 1. The number of urea groups is 1. The molecule has 3 N–H and O–H groups in total. The van der Waals surface area contributed by atoms with Gasteiger partial charge in [0.2, 0.25) is 0 Å². The Balaban J connectivity index is 1.62. The minimum Gasteiger partial charge on any atom is -0.335 e. The summed E-state index contributed by atoms with van der Waals surface area (Å²) in [4.78, 5) is 13.6. The molecule has 0 aromatic heterocycles. The second-order valence-electron chi connectivity index (χ2n) is 4.52. The van der Waals surface area contributed by atoms with Gasteiger partial charge < -0.3 is 16.0 Å². The fourth-order valence-electron chi connectivity index (χ4n) is 2.38. The summed E-state index contributed by atoms with van der Waals surface area (Å²) in [5, 5.41) is 3.00. The van der Waals surface area contributed by atoms with Crippen LogP contribution < -0.4 is 11.1 Å². The van der Waals surface area contributed by atoms with E-state index in [0.29, 0.717) is 18.0 Å². The lowest BCUT2D eigenvalue weighted by Gasteiger charge is -2.33. The molecule has 0 aromatic rings. The highest BCUT2D eigenvalue weighted by molar-refractivity contribution is 5.76. The summed E-state index contributed by atoms with van der Waals surface area (Å²) in [5.74, 6) is 0.579. The Labute approximate surface area is 77.5 Å². The highest BCUT2D eigenvalue weighted by Crippen LogP contribution is 2.39. The predicted molar refractivity (Wildman–Crippen MR) is 48.1 cm³/mol. The Hall–Kier alpha value is -0.770. The lowest BCUT2D eigenvalue weighted by molar-refractivity contribution is 0.185. The van der Waals surface area contributed by atoms with E-state index in [1.54, 1.807) is 0 Å². The predicted octanol–water partition coefficient (Wildman–Crippen LogP) is -0.110. The third kappa shape index (κ3) is 1.05. The maximum absolute atomic E-state index is 11.6. The van der Waals surface area contributed by atoms with Gasteiger partial charge >= 0.3 is 6.03 Å². The highest BCUT2D eigenvalue weighted by Gasteiger charge is 2.52. The summed E-state index contributed by atoms with van der Waals surface area (Å²) in [7, 11) is 0. The van der Waals surface area contributed by atoms with Crippen LogP contribution in [0.25, 0.3) is 0 Å². The molecule has 3 atom stereocenters. The van der Waals surface area contributed by atoms with Gasteiger partial charge in [-0.15, -0.1) is 0 Å². The fraction of sp³-hybridized carbons (Fsp3) is 0.889. The lowest BCUT2D eigenvalue weighted by Crippen LogP contribution is -2.52. The Kier molecular flexibility index (Phi) is 1.39. The average molecular weight is 181 g/mol. The van der Waals surface area contributed by atoms with Crippen molar-refractivity contribution in [3.05, 3.63) is 0 Å². The molecule has 0 radical (unpaired) electrons. The first-order chi connectivity index (χ1) is 6.25. The van der Waals surface area contributed by atoms with E-state index in [2.05, 4.69) is 5.32 Å². The van der Waals surface area contributed by atoms with E-state index in [1.807, 2.05) is 4.90 Å². The largest absolute Gasteiger partial charge is 0.335 e. The fourth-order valence-corrected chi connectivity index (χ4v) is 2.38. The van der Waals surface area contributed by atoms with E-state index >= 15 is 0 Å². The summed E-state index contributed by atoms with van der Waals surface area (Å²) in [5.41, 5.74) is 5.88. The number of carbonyl (C=O) groups excluding carboxylic acids is 1. The van der Waals surface area contributed by atoms with Gasteiger partial charge in [0.25, 0.3) is 0 Å². The van der Waals surface area contributed by atoms with Crippen LogP contribution in [0.2, 0.25) is 0 Å². The Bertz CT molecular complexity index is 251. The topological polar surface area (TPSA) is 58.4 Å². The quantitative estimate of drug-likeness (QED) is 0.593. The van der Waals surface area contributed by atoms with Gasteiger partial charge in [0.15, 0.2) is 0 Å². The molecule has 13 heavy (non-hydrogen) atoms. The molecule has 2 saturated heterocycles. The minimum atomic E-state index is 0.114. The molecule has 0 spiro atoms. The molecular weight excluding hydrogens is 166 g/mol. The Morgan fingerprint density at radius 1 is 1.46 bits per heavy atom. The first kappa shape index (κ1) is 7.62. The number of carbonyl (C=O) groups is 1. The molecule has 2 heterocycles. The maximum atomic E-state index is 11.6. The van der Waals surface area contributed by atoms with Crippen LogP contribution in [0.5, 0.6) is 0 Å². The number of hydrogen-bond donors (Lipinski definition) is 2. The van der Waals surface area contributed by atoms with E-state index in [-0.39, 0.29) is 12.1 Å². The van der Waals surface area contributed by atoms with Gasteiger partial charge in [-0.05, 0) is 25.2 Å². The number of hydrogen-bond acceptors (Lipinski definition) is 2. The molecule has 4 fully saturated rings. The van der Waals surface area contributed by atoms with Crippen LogP contribution in [-0.4, -0.2) is 35.6 Å². The van der Waals surface area contributed by atoms with Crippen LogP contribution in [0.15, 0.2) is 0 Å². The van der Waals surface area contributed by atoms with Gasteiger partial charge in [0.1, 0.15) is 0 Å². The van der Waals surface area contributed by atoms with E-state index in [1.165, 1.54) is 0 Å². The molecule has 4 nitrogen and oxygen atoms in total. The van der Waals surface area contributed by atoms with Crippen molar-refractivity contribution in [2.24, 2.45) is 11.7 Å². The molecule has 4 aliphatic rings. The number of fused-ring (bicyclic) bond motifs is 1. The number of amides is 2. The van der Waals surface area contributed by atoms with Crippen molar-refractivity contribution in [1.29, 1.82) is 0 Å². The van der Waals surface area contributed by atoms with E-state index in [9.17, 15) is 4.79 Å². The van der Waals surface area contributed by atoms with Gasteiger partial charge in [0, 0.05) is 24.7 Å². The van der Waals surface area contributed by atoms with E-state index in [0.717, 1.165) is 25.8 Å². The molecule has 2 saturated carbocycles. The third-order valence-corrected chi connectivity index (χ3v) is 3.53. The first-order valence-electron chi connectivity index (χ1n) is 5.08. The second-order valence-corrected chi connectivity index (χ2v) is 4.52. The normalized spacial score (nSPS) is 41.6. The first-order valence-corrected chi connectivity index (χ1v) is 5.08. The summed E-state index contributed by atoms with van der Waals surface area (Å²) < 4.78 is 0. The number of nitrogens with two attached hydrogens (primary N) is 1. The molecule has 4 rings (SSSR count). The molecule has 3 unspecified atom stereocenters. The number of nitrogens with one attached hydrogen (secondary N) is 1. The molecule has 72 valence electrons. The van der Waals surface area contributed by atoms with Crippen molar-refractivity contribution in [2.45, 2.75) is 37.4 Å². The van der Waals surface area contributed by atoms with Crippen molar-refractivity contribution < 1.29 is 4.79 Å². The Morgan fingerprint density at radius 3 is 2.69 bits per heavy atom. The average Bonchev–Trinajstić information content (AvgIpc) is 2.72. The molecule has 0 aromatic carbocycles. The van der Waals surface area contributed by atoms with Gasteiger partial charge in [-0.2, -0.15) is 0 Å². The summed E-state index contributed by atoms with van der Waals surface area (Å²) in [6, 6.07) is 1.16. The molecule has 2 aliphatic carbocycles. The summed E-state index contributed by atoms with van der Waals surface area (Å²) in [6.07, 6.45) is 3.43. The summed E-state index contributed by atoms with van der Waals surface area (Å²) >= 11 is 0. The van der Waals surface area contributed by atoms with Gasteiger partial charge in [-0.25, -0.2) is 4.79 Å². The van der Waals surface area contributed by atoms with Crippen molar-refractivity contribution in [3.8, 4) is 0 Å². The van der Waals surface area contributed by atoms with Crippen molar-refractivity contribution >= 4 is 6.03 Å². The van der Waals surface area contributed by atoms with Crippen LogP contribution >= 0.6 is 0 Å². The SMILES string of the molecule is NC1C2CC1N(C(=O)NC1CC1)C2. The smallest absolute Gasteiger partial charge is 0.317 e. The Morgan fingerprint density at radius 2 is 2.23 bits per heavy atom. The van der Waals surface area contributed by atoms with Crippen LogP contribution in [0.3, 0.4) is 0 Å². The molecule has 2 aliphatic heterocycles. The maximum Gasteiger partial charge on any atom is 0.317 e. The third-order valence-electron chi connectivity index (χ3n) is 3.53. The van der Waals surface area contributed by atoms with Crippen LogP contribution in [-0.2, 0) is 0 Å². The molecular formula is C9H15N3O. The monoisotopic (exact) mass is 181 g/mol. The number of nitrogens with zero attached hydrogens (tertiary/aromatic N) is 1. The van der Waals surface area contributed by atoms with Crippen LogP contribution in [0, 0.1) is 5.92 Å². The van der Waals surface area contributed by atoms with Gasteiger partial charge in [-0.3, -0.25) is 0 Å². The second kappa shape index (κ2) is 2.38. The lowest BCUT2D eigenvalue weighted by atomic mass is 9.81. The highest BCUT2D eigenvalue weighted by atomic mass is 16.2. The van der Waals surface area contributed by atoms with Crippen molar-refractivity contribution in [3.63, 3.8) is 0 Å². The molecule has 2 amide bonds. The van der Waals surface area contributed by atoms with Crippen LogP contribution in [0.4, 0.5) is 4.79 Å². The zero-order valence-corrected chi connectivity index (χ0v) is 7.57. The molecule has 2 bridgehead atoms. The molecule has 4 heteroatoms. The minimum absolute atomic E-state index is 0.114. The zero-order valence-electron chi connectivity index (χ0n) is 7.57. The van der Waals surface area contributed by atoms with Crippen molar-refractivity contribution in [2.75, 3.05) is 6.54 Å². The standard InChI is InChI=1S/C9H15N3O/c10-8-5-3-7(8)12(4-5)9(13)11-6-1-2-6/h5-8H,1-4,10H2,(H,11,13). The van der Waals surface area contributed by atoms with Gasteiger partial charge in [-0.1, -0.05) is 0 Å².